The maximum absolute atomic E-state index is 12.8. The summed E-state index contributed by atoms with van der Waals surface area (Å²) in [5.74, 6) is -1.03. The van der Waals surface area contributed by atoms with Gasteiger partial charge in [0.1, 0.15) is 13.2 Å². The van der Waals surface area contributed by atoms with Crippen LogP contribution in [0.5, 0.6) is 0 Å². The molecule has 0 spiro atoms. The van der Waals surface area contributed by atoms with Gasteiger partial charge in [-0.1, -0.05) is 318 Å². The van der Waals surface area contributed by atoms with Crippen molar-refractivity contribution in [2.75, 3.05) is 13.2 Å². The summed E-state index contributed by atoms with van der Waals surface area (Å²) in [6.45, 7) is 6.44. The van der Waals surface area contributed by atoms with Gasteiger partial charge in [-0.2, -0.15) is 0 Å². The predicted molar refractivity (Wildman–Crippen MR) is 334 cm³/mol. The number of carbonyl (C=O) groups excluding carboxylic acids is 3. The second kappa shape index (κ2) is 65.1. The third kappa shape index (κ3) is 63.3. The minimum Gasteiger partial charge on any atom is -0.462 e. The second-order valence-electron chi connectivity index (χ2n) is 22.0. The maximum Gasteiger partial charge on any atom is 0.310 e. The highest BCUT2D eigenvalue weighted by atomic mass is 16.6. The van der Waals surface area contributed by atoms with E-state index in [1.54, 1.807) is 6.08 Å². The van der Waals surface area contributed by atoms with Crippen molar-refractivity contribution in [1.29, 1.82) is 0 Å². The summed E-state index contributed by atoms with van der Waals surface area (Å²) in [7, 11) is 0. The topological polar surface area (TPSA) is 78.9 Å². The molecular formula is C71H124O6. The molecule has 1 unspecified atom stereocenters. The molecule has 1 atom stereocenters. The van der Waals surface area contributed by atoms with Crippen LogP contribution in [-0.4, -0.2) is 37.2 Å². The molecule has 0 aliphatic carbocycles. The fraction of sp³-hybridized carbons (Fsp3) is 0.761. The summed E-state index contributed by atoms with van der Waals surface area (Å²) in [5, 5.41) is 0. The Kier molecular flexibility index (Phi) is 62.2. The van der Waals surface area contributed by atoms with Crippen LogP contribution in [0.3, 0.4) is 0 Å². The maximum atomic E-state index is 12.8. The minimum absolute atomic E-state index is 0.0996. The fourth-order valence-electron chi connectivity index (χ4n) is 9.49. The average molecular weight is 1070 g/mol. The minimum atomic E-state index is -0.827. The normalized spacial score (nSPS) is 12.6. The van der Waals surface area contributed by atoms with Crippen LogP contribution in [0, 0.1) is 0 Å². The quantitative estimate of drug-likeness (QED) is 0.0261. The van der Waals surface area contributed by atoms with Crippen LogP contribution < -0.4 is 0 Å². The van der Waals surface area contributed by atoms with Gasteiger partial charge >= 0.3 is 17.9 Å². The molecule has 0 fully saturated rings. The first kappa shape index (κ1) is 73.6. The van der Waals surface area contributed by atoms with Gasteiger partial charge in [0.15, 0.2) is 6.10 Å². The van der Waals surface area contributed by atoms with E-state index in [1.807, 2.05) is 6.08 Å². The van der Waals surface area contributed by atoms with Crippen molar-refractivity contribution in [3.05, 3.63) is 85.1 Å². The van der Waals surface area contributed by atoms with E-state index in [9.17, 15) is 14.4 Å². The van der Waals surface area contributed by atoms with Gasteiger partial charge in [-0.3, -0.25) is 14.4 Å². The molecule has 444 valence electrons. The Balaban J connectivity index is 4.04. The molecule has 0 saturated carbocycles. The summed E-state index contributed by atoms with van der Waals surface area (Å²) in [6, 6.07) is 0. The van der Waals surface area contributed by atoms with Crippen LogP contribution >= 0.6 is 0 Å². The highest BCUT2D eigenvalue weighted by Gasteiger charge is 2.19. The van der Waals surface area contributed by atoms with Crippen molar-refractivity contribution >= 4 is 17.9 Å². The molecule has 0 heterocycles. The molecular weight excluding hydrogens is 949 g/mol. The Morgan fingerprint density at radius 2 is 0.545 bits per heavy atom. The lowest BCUT2D eigenvalue weighted by Crippen LogP contribution is -2.30. The number of hydrogen-bond acceptors (Lipinski definition) is 6. The second-order valence-corrected chi connectivity index (χ2v) is 22.0. The summed E-state index contributed by atoms with van der Waals surface area (Å²) in [6.07, 6.45) is 86.7. The zero-order valence-corrected chi connectivity index (χ0v) is 51.0. The monoisotopic (exact) mass is 1070 g/mol. The number of carbonyl (C=O) groups is 3. The van der Waals surface area contributed by atoms with Crippen LogP contribution in [0.1, 0.15) is 329 Å². The van der Waals surface area contributed by atoms with Gasteiger partial charge in [-0.05, 0) is 77.0 Å². The van der Waals surface area contributed by atoms with E-state index in [2.05, 4.69) is 93.7 Å². The summed E-state index contributed by atoms with van der Waals surface area (Å²) in [5.41, 5.74) is 0. The average Bonchev–Trinajstić information content (AvgIpc) is 3.43. The Morgan fingerprint density at radius 3 is 0.857 bits per heavy atom. The van der Waals surface area contributed by atoms with E-state index >= 15 is 0 Å². The Morgan fingerprint density at radius 1 is 0.286 bits per heavy atom. The zero-order chi connectivity index (χ0) is 55.7. The molecule has 6 heteroatoms. The van der Waals surface area contributed by atoms with Crippen molar-refractivity contribution in [2.45, 2.75) is 335 Å². The third-order valence-electron chi connectivity index (χ3n) is 14.4. The Bertz CT molecular complexity index is 1470. The molecule has 0 aromatic heterocycles. The van der Waals surface area contributed by atoms with Crippen molar-refractivity contribution in [3.8, 4) is 0 Å². The molecule has 77 heavy (non-hydrogen) atoms. The number of hydrogen-bond donors (Lipinski definition) is 0. The number of allylic oxidation sites excluding steroid dienone is 13. The highest BCUT2D eigenvalue weighted by molar-refractivity contribution is 5.72. The number of esters is 3. The summed E-state index contributed by atoms with van der Waals surface area (Å²) >= 11 is 0. The van der Waals surface area contributed by atoms with Crippen LogP contribution in [0.15, 0.2) is 85.1 Å². The van der Waals surface area contributed by atoms with Crippen molar-refractivity contribution < 1.29 is 28.6 Å². The van der Waals surface area contributed by atoms with E-state index < -0.39 is 12.1 Å². The zero-order valence-electron chi connectivity index (χ0n) is 51.0. The van der Waals surface area contributed by atoms with Crippen molar-refractivity contribution in [3.63, 3.8) is 0 Å². The van der Waals surface area contributed by atoms with Crippen LogP contribution in [0.4, 0.5) is 0 Å². The van der Waals surface area contributed by atoms with Gasteiger partial charge in [0.05, 0.1) is 6.42 Å². The van der Waals surface area contributed by atoms with E-state index in [4.69, 9.17) is 14.2 Å². The smallest absolute Gasteiger partial charge is 0.310 e. The first-order chi connectivity index (χ1) is 38.0. The summed E-state index contributed by atoms with van der Waals surface area (Å²) in [4.78, 5) is 38.0. The molecule has 0 saturated heterocycles. The van der Waals surface area contributed by atoms with E-state index in [1.165, 1.54) is 212 Å². The largest absolute Gasteiger partial charge is 0.462 e. The third-order valence-corrected chi connectivity index (χ3v) is 14.4. The highest BCUT2D eigenvalue weighted by Crippen LogP contribution is 2.17. The summed E-state index contributed by atoms with van der Waals surface area (Å²) < 4.78 is 16.7. The molecule has 0 aliphatic rings. The molecule has 0 aromatic carbocycles. The molecule has 0 aromatic rings. The standard InChI is InChI=1S/C71H124O6/c1-4-7-10-13-16-19-21-23-25-26-27-28-29-30-31-32-33-34-35-36-37-38-39-40-41-42-43-44-46-47-49-52-55-58-61-64-70(73)76-67-68(66-75-69(72)63-60-57-54-51-18-15-12-9-6-3)77-71(74)65-62-59-56-53-50-48-45-24-22-20-17-14-11-8-5-2/h8,11,17,20-21,23-24,26-27,45,50,53,59,62,68H,4-7,9-10,12-16,18-19,22,25,28-44,46-49,51-52,54-58,60-61,63-67H2,1-3H3/b11-8-,20-17-,23-21-,27-26-,45-24-,53-50-,62-59-. The van der Waals surface area contributed by atoms with Crippen LogP contribution in [0.25, 0.3) is 0 Å². The van der Waals surface area contributed by atoms with Crippen molar-refractivity contribution in [1.82, 2.24) is 0 Å². The van der Waals surface area contributed by atoms with Crippen LogP contribution in [-0.2, 0) is 28.6 Å². The van der Waals surface area contributed by atoms with Gasteiger partial charge in [0.2, 0.25) is 0 Å². The molecule has 6 nitrogen and oxygen atoms in total. The number of rotatable bonds is 60. The Labute approximate surface area is 477 Å². The van der Waals surface area contributed by atoms with Gasteiger partial charge in [0.25, 0.3) is 0 Å². The van der Waals surface area contributed by atoms with Gasteiger partial charge in [0, 0.05) is 12.8 Å². The van der Waals surface area contributed by atoms with Gasteiger partial charge in [-0.15, -0.1) is 0 Å². The lowest BCUT2D eigenvalue weighted by Gasteiger charge is -2.18. The molecule has 0 rings (SSSR count). The molecule has 0 aliphatic heterocycles. The lowest BCUT2D eigenvalue weighted by atomic mass is 10.0. The first-order valence-corrected chi connectivity index (χ1v) is 33.1. The number of ether oxygens (including phenoxy) is 3. The number of unbranched alkanes of at least 4 members (excludes halogenated alkanes) is 36. The molecule has 0 radical (unpaired) electrons. The van der Waals surface area contributed by atoms with E-state index in [0.29, 0.717) is 12.8 Å². The fourth-order valence-corrected chi connectivity index (χ4v) is 9.49. The van der Waals surface area contributed by atoms with Gasteiger partial charge in [-0.25, -0.2) is 0 Å². The SMILES string of the molecule is CC/C=C\C/C=C\C/C=C\C/C=C\C/C=C\CC(=O)OC(COC(=O)CCCCCCCCCCC)COC(=O)CCCCCCCCCCCCCCCCCCCCCCCCC/C=C\C/C=C\CCCCCCC. The van der Waals surface area contributed by atoms with Crippen LogP contribution in [0.2, 0.25) is 0 Å². The molecule has 0 N–H and O–H groups in total. The molecule has 0 amide bonds. The van der Waals surface area contributed by atoms with E-state index in [0.717, 1.165) is 77.0 Å². The first-order valence-electron chi connectivity index (χ1n) is 33.1. The van der Waals surface area contributed by atoms with Crippen molar-refractivity contribution in [2.24, 2.45) is 0 Å². The molecule has 0 bridgehead atoms. The van der Waals surface area contributed by atoms with Gasteiger partial charge < -0.3 is 14.2 Å². The lowest BCUT2D eigenvalue weighted by molar-refractivity contribution is -0.166. The Hall–Kier alpha value is -3.41. The predicted octanol–water partition coefficient (Wildman–Crippen LogP) is 22.7. The van der Waals surface area contributed by atoms with E-state index in [-0.39, 0.29) is 31.6 Å².